The monoisotopic (exact) mass is 435 g/mol. The molecule has 0 fully saturated rings. The molecular weight excluding hydrogens is 390 g/mol. The summed E-state index contributed by atoms with van der Waals surface area (Å²) >= 11 is 0. The summed E-state index contributed by atoms with van der Waals surface area (Å²) in [4.78, 5) is 4.60. The van der Waals surface area contributed by atoms with Crippen molar-refractivity contribution in [3.8, 4) is 5.75 Å². The summed E-state index contributed by atoms with van der Waals surface area (Å²) in [5, 5.41) is 0. The minimum Gasteiger partial charge on any atom is -0.489 e. The van der Waals surface area contributed by atoms with E-state index in [1.807, 2.05) is 18.3 Å². The Kier molecular flexibility index (Phi) is 13.5. The molecule has 32 heavy (non-hydrogen) atoms. The van der Waals surface area contributed by atoms with Gasteiger partial charge in [0.25, 0.3) is 0 Å². The zero-order chi connectivity index (χ0) is 22.9. The van der Waals surface area contributed by atoms with Crippen LogP contribution in [0.15, 0.2) is 47.5 Å². The molecule has 0 heterocycles. The van der Waals surface area contributed by atoms with Gasteiger partial charge in [0.1, 0.15) is 12.4 Å². The fourth-order valence-corrected chi connectivity index (χ4v) is 4.18. The highest BCUT2D eigenvalue weighted by molar-refractivity contribution is 5.79. The molecular formula is C30H45NO. The summed E-state index contributed by atoms with van der Waals surface area (Å²) in [6.07, 6.45) is 18.6. The number of hydrogen-bond acceptors (Lipinski definition) is 2. The SMILES string of the molecule is CCCCCCCCCCCCCCN=Cc1ccc(OCc2cc(C)cc(C)c2)cc1. The molecule has 0 saturated carbocycles. The van der Waals surface area contributed by atoms with E-state index in [9.17, 15) is 0 Å². The Morgan fingerprint density at radius 2 is 1.22 bits per heavy atom. The van der Waals surface area contributed by atoms with Crippen molar-refractivity contribution in [3.05, 3.63) is 64.7 Å². The van der Waals surface area contributed by atoms with Gasteiger partial charge in [0.15, 0.2) is 0 Å². The molecule has 2 aromatic rings. The van der Waals surface area contributed by atoms with Crippen LogP contribution in [0.4, 0.5) is 0 Å². The lowest BCUT2D eigenvalue weighted by Crippen LogP contribution is -1.97. The summed E-state index contributed by atoms with van der Waals surface area (Å²) < 4.78 is 5.94. The van der Waals surface area contributed by atoms with Crippen LogP contribution in [-0.4, -0.2) is 12.8 Å². The van der Waals surface area contributed by atoms with E-state index in [1.165, 1.54) is 93.7 Å². The van der Waals surface area contributed by atoms with E-state index < -0.39 is 0 Å². The molecule has 0 bridgehead atoms. The maximum Gasteiger partial charge on any atom is 0.119 e. The van der Waals surface area contributed by atoms with Gasteiger partial charge in [0, 0.05) is 12.8 Å². The first-order chi connectivity index (χ1) is 15.7. The molecule has 0 unspecified atom stereocenters. The van der Waals surface area contributed by atoms with Gasteiger partial charge < -0.3 is 4.74 Å². The van der Waals surface area contributed by atoms with E-state index in [0.717, 1.165) is 17.9 Å². The van der Waals surface area contributed by atoms with Crippen LogP contribution in [0.2, 0.25) is 0 Å². The van der Waals surface area contributed by atoms with Crippen LogP contribution in [0.1, 0.15) is 106 Å². The van der Waals surface area contributed by atoms with Crippen molar-refractivity contribution in [1.29, 1.82) is 0 Å². The number of hydrogen-bond donors (Lipinski definition) is 0. The lowest BCUT2D eigenvalue weighted by atomic mass is 10.1. The second-order valence-corrected chi connectivity index (χ2v) is 9.28. The third-order valence-corrected chi connectivity index (χ3v) is 5.95. The lowest BCUT2D eigenvalue weighted by molar-refractivity contribution is 0.306. The largest absolute Gasteiger partial charge is 0.489 e. The average molecular weight is 436 g/mol. The zero-order valence-electron chi connectivity index (χ0n) is 20.9. The second-order valence-electron chi connectivity index (χ2n) is 9.28. The average Bonchev–Trinajstić information content (AvgIpc) is 2.78. The Labute approximate surface area is 197 Å². The molecule has 0 saturated heterocycles. The molecule has 0 spiro atoms. The summed E-state index contributed by atoms with van der Waals surface area (Å²) in [5.74, 6) is 0.905. The molecule has 0 aromatic heterocycles. The van der Waals surface area contributed by atoms with Gasteiger partial charge in [-0.05, 0) is 55.7 Å². The van der Waals surface area contributed by atoms with Crippen LogP contribution in [0.5, 0.6) is 5.75 Å². The fourth-order valence-electron chi connectivity index (χ4n) is 4.18. The highest BCUT2D eigenvalue weighted by Gasteiger charge is 1.99. The van der Waals surface area contributed by atoms with Crippen LogP contribution in [0.3, 0.4) is 0 Å². The van der Waals surface area contributed by atoms with Gasteiger partial charge in [0.05, 0.1) is 0 Å². The third kappa shape index (κ3) is 12.1. The molecule has 2 heteroatoms. The van der Waals surface area contributed by atoms with Crippen LogP contribution in [0, 0.1) is 13.8 Å². The molecule has 0 aliphatic carbocycles. The Morgan fingerprint density at radius 3 is 1.78 bits per heavy atom. The van der Waals surface area contributed by atoms with Crippen molar-refractivity contribution in [1.82, 2.24) is 0 Å². The summed E-state index contributed by atoms with van der Waals surface area (Å²) in [7, 11) is 0. The first-order valence-electron chi connectivity index (χ1n) is 13.0. The maximum absolute atomic E-state index is 5.94. The van der Waals surface area contributed by atoms with Crippen LogP contribution >= 0.6 is 0 Å². The van der Waals surface area contributed by atoms with E-state index in [2.05, 4.69) is 56.1 Å². The summed E-state index contributed by atoms with van der Waals surface area (Å²) in [6.45, 7) is 8.08. The minimum atomic E-state index is 0.606. The number of ether oxygens (including phenoxy) is 1. The van der Waals surface area contributed by atoms with Crippen LogP contribution < -0.4 is 4.74 Å². The van der Waals surface area contributed by atoms with Crippen LogP contribution in [0.25, 0.3) is 0 Å². The summed E-state index contributed by atoms with van der Waals surface area (Å²) in [6, 6.07) is 14.8. The van der Waals surface area contributed by atoms with Crippen molar-refractivity contribution < 1.29 is 4.74 Å². The molecule has 0 radical (unpaired) electrons. The quantitative estimate of drug-likeness (QED) is 0.179. The van der Waals surface area contributed by atoms with Gasteiger partial charge in [-0.2, -0.15) is 0 Å². The first kappa shape index (κ1) is 26.2. The molecule has 0 amide bonds. The number of rotatable bonds is 17. The molecule has 176 valence electrons. The highest BCUT2D eigenvalue weighted by atomic mass is 16.5. The van der Waals surface area contributed by atoms with Gasteiger partial charge >= 0.3 is 0 Å². The first-order valence-corrected chi connectivity index (χ1v) is 13.0. The van der Waals surface area contributed by atoms with E-state index in [4.69, 9.17) is 4.74 Å². The van der Waals surface area contributed by atoms with Crippen molar-refractivity contribution in [3.63, 3.8) is 0 Å². The van der Waals surface area contributed by atoms with Gasteiger partial charge in [-0.25, -0.2) is 0 Å². The van der Waals surface area contributed by atoms with E-state index >= 15 is 0 Å². The maximum atomic E-state index is 5.94. The Balaban J connectivity index is 1.50. The molecule has 2 rings (SSSR count). The van der Waals surface area contributed by atoms with E-state index in [1.54, 1.807) is 0 Å². The van der Waals surface area contributed by atoms with E-state index in [-0.39, 0.29) is 0 Å². The van der Waals surface area contributed by atoms with Gasteiger partial charge in [-0.3, -0.25) is 4.99 Å². The number of aryl methyl sites for hydroxylation is 2. The molecule has 0 atom stereocenters. The van der Waals surface area contributed by atoms with Crippen LogP contribution in [-0.2, 0) is 6.61 Å². The number of benzene rings is 2. The Hall–Kier alpha value is -2.09. The number of nitrogens with zero attached hydrogens (tertiary/aromatic N) is 1. The minimum absolute atomic E-state index is 0.606. The highest BCUT2D eigenvalue weighted by Crippen LogP contribution is 2.16. The van der Waals surface area contributed by atoms with Crippen molar-refractivity contribution in [2.75, 3.05) is 6.54 Å². The van der Waals surface area contributed by atoms with Crippen molar-refractivity contribution in [2.45, 2.75) is 104 Å². The molecule has 2 aromatic carbocycles. The van der Waals surface area contributed by atoms with Gasteiger partial charge in [-0.15, -0.1) is 0 Å². The van der Waals surface area contributed by atoms with Gasteiger partial charge in [0.2, 0.25) is 0 Å². The predicted octanol–water partition coefficient (Wildman–Crippen LogP) is 9.00. The predicted molar refractivity (Wildman–Crippen MR) is 140 cm³/mol. The smallest absolute Gasteiger partial charge is 0.119 e. The van der Waals surface area contributed by atoms with Crippen molar-refractivity contribution >= 4 is 6.21 Å². The standard InChI is InChI=1S/C30H45NO/c1-4-5-6-7-8-9-10-11-12-13-14-15-20-31-24-28-16-18-30(19-17-28)32-25-29-22-26(2)21-27(3)23-29/h16-19,21-24H,4-15,20,25H2,1-3H3. The molecule has 0 N–H and O–H groups in total. The third-order valence-electron chi connectivity index (χ3n) is 5.95. The van der Waals surface area contributed by atoms with Crippen molar-refractivity contribution in [2.24, 2.45) is 4.99 Å². The zero-order valence-corrected chi connectivity index (χ0v) is 20.9. The lowest BCUT2D eigenvalue weighted by Gasteiger charge is -2.08. The Bertz CT molecular complexity index is 743. The molecule has 0 aliphatic heterocycles. The normalized spacial score (nSPS) is 11.3. The number of aliphatic imine (C=N–C) groups is 1. The molecule has 2 nitrogen and oxygen atoms in total. The Morgan fingerprint density at radius 1 is 0.688 bits per heavy atom. The van der Waals surface area contributed by atoms with Gasteiger partial charge in [-0.1, -0.05) is 107 Å². The topological polar surface area (TPSA) is 21.6 Å². The fraction of sp³-hybridized carbons (Fsp3) is 0.567. The molecule has 0 aliphatic rings. The van der Waals surface area contributed by atoms with E-state index in [0.29, 0.717) is 6.61 Å². The number of unbranched alkanes of at least 4 members (excludes halogenated alkanes) is 11. The summed E-state index contributed by atoms with van der Waals surface area (Å²) in [5.41, 5.74) is 4.92. The second kappa shape index (κ2) is 16.5.